The van der Waals surface area contributed by atoms with Crippen LogP contribution in [-0.2, 0) is 9.59 Å². The second-order valence-corrected chi connectivity index (χ2v) is 12.2. The summed E-state index contributed by atoms with van der Waals surface area (Å²) in [6.45, 7) is 11.3. The van der Waals surface area contributed by atoms with Gasteiger partial charge in [0.15, 0.2) is 0 Å². The van der Waals surface area contributed by atoms with E-state index in [0.717, 1.165) is 18.1 Å². The molecule has 224 valence electrons. The number of piperazine rings is 1. The summed E-state index contributed by atoms with van der Waals surface area (Å²) in [6, 6.07) is 18.4. The van der Waals surface area contributed by atoms with Gasteiger partial charge in [0.1, 0.15) is 0 Å². The van der Waals surface area contributed by atoms with Crippen LogP contribution in [0.1, 0.15) is 34.7 Å². The van der Waals surface area contributed by atoms with Crippen molar-refractivity contribution in [2.45, 2.75) is 26.3 Å². The Morgan fingerprint density at radius 3 is 2.10 bits per heavy atom. The molecule has 0 aromatic heterocycles. The van der Waals surface area contributed by atoms with Crippen LogP contribution in [0.4, 0.5) is 0 Å². The fraction of sp³-hybridized carbons (Fsp3) is 0.424. The number of carboxylic acids is 2. The molecule has 2 aromatic rings. The first kappa shape index (κ1) is 31.5. The number of aryl methyl sites for hydroxylation is 2. The molecule has 2 unspecified atom stereocenters. The summed E-state index contributed by atoms with van der Waals surface area (Å²) in [6.07, 6.45) is 4.65. The monoisotopic (exact) mass is 590 g/mol. The van der Waals surface area contributed by atoms with Crippen molar-refractivity contribution in [3.63, 3.8) is 0 Å². The molecule has 2 N–H and O–H groups in total. The van der Waals surface area contributed by atoms with Crippen LogP contribution in [0.15, 0.2) is 71.4 Å². The molecule has 5 rings (SSSR count). The minimum absolute atomic E-state index is 0.345. The molecule has 0 saturated carbocycles. The molecule has 2 atom stereocenters. The first-order chi connectivity index (χ1) is 20.2. The van der Waals surface area contributed by atoms with Crippen LogP contribution in [0, 0.1) is 19.8 Å². The molecule has 3 aliphatic rings. The maximum atomic E-state index is 9.55. The van der Waals surface area contributed by atoms with Crippen LogP contribution in [0.2, 0.25) is 0 Å². The van der Waals surface area contributed by atoms with E-state index in [1.54, 1.807) is 0 Å². The Kier molecular flexibility index (Phi) is 11.4. The van der Waals surface area contributed by atoms with Crippen LogP contribution >= 0.6 is 11.8 Å². The zero-order chi connectivity index (χ0) is 30.1. The maximum absolute atomic E-state index is 9.55. The number of fused-ring (bicyclic) bond motifs is 1. The van der Waals surface area contributed by atoms with Crippen molar-refractivity contribution < 1.29 is 19.8 Å². The van der Waals surface area contributed by atoms with Gasteiger partial charge in [0.25, 0.3) is 0 Å². The number of hydrazone groups is 1. The van der Waals surface area contributed by atoms with Crippen molar-refractivity contribution in [1.29, 1.82) is 0 Å². The van der Waals surface area contributed by atoms with Crippen molar-refractivity contribution in [3.05, 3.63) is 88.5 Å². The Morgan fingerprint density at radius 1 is 0.905 bits per heavy atom. The quantitative estimate of drug-likeness (QED) is 0.423. The predicted molar refractivity (Wildman–Crippen MR) is 171 cm³/mol. The number of aliphatic carboxylic acids is 2. The Hall–Kier alpha value is -3.40. The Balaban J connectivity index is 0.000000446. The van der Waals surface area contributed by atoms with Crippen molar-refractivity contribution in [2.75, 3.05) is 57.8 Å². The number of carboxylic acid groups (broad SMARTS) is 2. The highest BCUT2D eigenvalue weighted by Gasteiger charge is 2.41. The Bertz CT molecular complexity index is 1280. The van der Waals surface area contributed by atoms with Crippen LogP contribution < -0.4 is 0 Å². The fourth-order valence-corrected chi connectivity index (χ4v) is 6.64. The molecule has 3 aliphatic heterocycles. The van der Waals surface area contributed by atoms with Gasteiger partial charge in [0.05, 0.1) is 11.8 Å². The lowest BCUT2D eigenvalue weighted by Crippen LogP contribution is -2.45. The van der Waals surface area contributed by atoms with Gasteiger partial charge in [-0.05, 0) is 56.6 Å². The van der Waals surface area contributed by atoms with Gasteiger partial charge in [-0.1, -0.05) is 59.7 Å². The van der Waals surface area contributed by atoms with Gasteiger partial charge in [0.2, 0.25) is 0 Å². The van der Waals surface area contributed by atoms with E-state index in [1.807, 2.05) is 0 Å². The molecule has 9 heteroatoms. The van der Waals surface area contributed by atoms with E-state index in [1.165, 1.54) is 72.7 Å². The highest BCUT2D eigenvalue weighted by atomic mass is 32.2. The minimum Gasteiger partial charge on any atom is -0.478 e. The van der Waals surface area contributed by atoms with E-state index >= 15 is 0 Å². The average molecular weight is 591 g/mol. The molecule has 0 amide bonds. The number of benzene rings is 2. The summed E-state index contributed by atoms with van der Waals surface area (Å²) in [5.74, 6) is 0.151. The summed E-state index contributed by atoms with van der Waals surface area (Å²) >= 11 is 2.06. The molecular formula is C33H42N4O4S. The van der Waals surface area contributed by atoms with E-state index in [2.05, 4.69) is 102 Å². The number of thioether (sulfide) groups is 1. The lowest BCUT2D eigenvalue weighted by atomic mass is 9.87. The van der Waals surface area contributed by atoms with E-state index in [-0.39, 0.29) is 0 Å². The van der Waals surface area contributed by atoms with Gasteiger partial charge in [-0.3, -0.25) is 5.01 Å². The number of nitrogens with zero attached hydrogens (tertiary/aromatic N) is 4. The Morgan fingerprint density at radius 2 is 1.50 bits per heavy atom. The molecule has 0 aliphatic carbocycles. The molecule has 8 nitrogen and oxygen atoms in total. The lowest BCUT2D eigenvalue weighted by Gasteiger charge is -2.33. The number of hydrogen-bond donors (Lipinski definition) is 2. The molecule has 0 bridgehead atoms. The highest BCUT2D eigenvalue weighted by molar-refractivity contribution is 7.99. The first-order valence-corrected chi connectivity index (χ1v) is 15.7. The third-order valence-electron chi connectivity index (χ3n) is 7.84. The van der Waals surface area contributed by atoms with E-state index in [4.69, 9.17) is 15.3 Å². The summed E-state index contributed by atoms with van der Waals surface area (Å²) in [4.78, 5) is 24.2. The van der Waals surface area contributed by atoms with E-state index in [9.17, 15) is 9.59 Å². The molecular weight excluding hydrogens is 548 g/mol. The molecule has 0 radical (unpaired) electrons. The van der Waals surface area contributed by atoms with Crippen molar-refractivity contribution in [3.8, 4) is 0 Å². The highest BCUT2D eigenvalue weighted by Crippen LogP contribution is 2.43. The molecule has 2 fully saturated rings. The fourth-order valence-electron chi connectivity index (χ4n) is 5.48. The largest absolute Gasteiger partial charge is 0.478 e. The SMILES string of the molecule is Cc1ccc(/C=C2\CSCC3C2=NN(CCCN2CCN(C)CC2)C3c2ccc(C)cc2)cc1.O=C(O)/C=C\C(=O)O. The van der Waals surface area contributed by atoms with Gasteiger partial charge in [-0.2, -0.15) is 16.9 Å². The van der Waals surface area contributed by atoms with Gasteiger partial charge in [-0.15, -0.1) is 0 Å². The number of likely N-dealkylation sites (N-methyl/N-ethyl adjacent to an activating group) is 1. The van der Waals surface area contributed by atoms with Crippen LogP contribution in [0.5, 0.6) is 0 Å². The number of rotatable bonds is 8. The van der Waals surface area contributed by atoms with E-state index < -0.39 is 11.9 Å². The molecule has 3 heterocycles. The zero-order valence-electron chi connectivity index (χ0n) is 24.8. The topological polar surface area (TPSA) is 96.7 Å². The van der Waals surface area contributed by atoms with Crippen molar-refractivity contribution >= 4 is 35.5 Å². The molecule has 2 aromatic carbocycles. The van der Waals surface area contributed by atoms with Gasteiger partial charge >= 0.3 is 11.9 Å². The minimum atomic E-state index is -1.26. The molecule has 2 saturated heterocycles. The predicted octanol–water partition coefficient (Wildman–Crippen LogP) is 4.81. The van der Waals surface area contributed by atoms with Gasteiger partial charge < -0.3 is 20.0 Å². The van der Waals surface area contributed by atoms with Gasteiger partial charge in [-0.25, -0.2) is 9.59 Å². The normalized spacial score (nSPS) is 22.0. The summed E-state index contributed by atoms with van der Waals surface area (Å²) in [5, 5.41) is 23.4. The molecule has 0 spiro atoms. The summed E-state index contributed by atoms with van der Waals surface area (Å²) in [5.41, 5.74) is 8.05. The third kappa shape index (κ3) is 9.05. The first-order valence-electron chi connectivity index (χ1n) is 14.5. The van der Waals surface area contributed by atoms with Crippen molar-refractivity contribution in [2.24, 2.45) is 11.0 Å². The average Bonchev–Trinajstić information content (AvgIpc) is 3.34. The summed E-state index contributed by atoms with van der Waals surface area (Å²) in [7, 11) is 2.23. The number of hydrogen-bond acceptors (Lipinski definition) is 7. The molecule has 42 heavy (non-hydrogen) atoms. The standard InChI is InChI=1S/C29H38N4S.C4H4O4/c1-22-5-9-24(10-6-22)19-26-20-34-21-27-28(26)30-33(29(27)25-11-7-23(2)8-12-25)14-4-13-32-17-15-31(3)16-18-32;5-3(6)1-2-4(7)8/h5-12,19,27,29H,4,13-18,20-21H2,1-3H3;1-2H,(H,5,6)(H,7,8)/b26-19+;2-1-. The zero-order valence-corrected chi connectivity index (χ0v) is 25.6. The number of carbonyl (C=O) groups is 2. The van der Waals surface area contributed by atoms with Crippen LogP contribution in [0.3, 0.4) is 0 Å². The maximum Gasteiger partial charge on any atom is 0.328 e. The van der Waals surface area contributed by atoms with Crippen LogP contribution in [-0.4, -0.2) is 100 Å². The Labute approximate surface area is 253 Å². The van der Waals surface area contributed by atoms with Crippen molar-refractivity contribution in [1.82, 2.24) is 14.8 Å². The van der Waals surface area contributed by atoms with E-state index in [0.29, 0.717) is 24.1 Å². The lowest BCUT2D eigenvalue weighted by molar-refractivity contribution is -0.134. The van der Waals surface area contributed by atoms with Gasteiger partial charge in [0, 0.05) is 62.3 Å². The smallest absolute Gasteiger partial charge is 0.328 e. The second-order valence-electron chi connectivity index (χ2n) is 11.2. The van der Waals surface area contributed by atoms with Crippen LogP contribution in [0.25, 0.3) is 6.08 Å². The second kappa shape index (κ2) is 15.2. The third-order valence-corrected chi connectivity index (χ3v) is 8.95. The summed E-state index contributed by atoms with van der Waals surface area (Å²) < 4.78 is 0.